The van der Waals surface area contributed by atoms with Gasteiger partial charge in [0, 0.05) is 5.69 Å². The second-order valence-electron chi connectivity index (χ2n) is 10.1. The molecule has 0 aliphatic heterocycles. The van der Waals surface area contributed by atoms with E-state index in [9.17, 15) is 0 Å². The molecule has 0 N–H and O–H groups in total. The molecule has 0 saturated carbocycles. The fraction of sp³-hybridized carbons (Fsp3) is 0.0250. The number of fused-ring (bicyclic) bond motifs is 3. The van der Waals surface area contributed by atoms with Crippen LogP contribution >= 0.6 is 0 Å². The van der Waals surface area contributed by atoms with Crippen molar-refractivity contribution in [3.05, 3.63) is 157 Å². The van der Waals surface area contributed by atoms with Crippen LogP contribution in [0.4, 0.5) is 0 Å². The number of para-hydroxylation sites is 2. The first-order chi connectivity index (χ1) is 24.9. The Labute approximate surface area is 259 Å². The monoisotopic (exact) mass is 546 g/mol. The number of rotatable bonds is 4. The maximum atomic E-state index is 8.99. The molecule has 7 aromatic carbocycles. The highest BCUT2D eigenvalue weighted by Crippen LogP contribution is 2.45. The van der Waals surface area contributed by atoms with E-state index in [0.717, 1.165) is 39.1 Å². The number of nitrogens with zero attached hydrogens (tertiary/aromatic N) is 2. The zero-order valence-corrected chi connectivity index (χ0v) is 22.6. The summed E-state index contributed by atoms with van der Waals surface area (Å²) in [6.45, 7) is 1.95. The van der Waals surface area contributed by atoms with Crippen molar-refractivity contribution >= 4 is 32.6 Å². The van der Waals surface area contributed by atoms with E-state index in [1.165, 1.54) is 0 Å². The standard InChI is InChI=1S/C40H28N2/c1-27-41-37-21-10-11-22-38(37)42(27)32-18-12-17-31(25-32)40-34-20-9-8-19-33(34)39(29-15-6-3-7-16-29)36-26-30(23-24-35(36)40)28-13-4-2-5-14-28/h2-26H,1H3/i2D,3D,4D,5D,6D,7D,13D,14D,15D,16D. The van der Waals surface area contributed by atoms with E-state index in [-0.39, 0.29) is 35.3 Å². The molecule has 0 amide bonds. The van der Waals surface area contributed by atoms with E-state index in [2.05, 4.69) is 10.6 Å². The molecule has 0 spiro atoms. The third kappa shape index (κ3) is 3.92. The Kier molecular flexibility index (Phi) is 3.78. The molecule has 1 heterocycles. The maximum absolute atomic E-state index is 8.99. The molecule has 0 bridgehead atoms. The van der Waals surface area contributed by atoms with Crippen molar-refractivity contribution in [3.8, 4) is 39.1 Å². The molecule has 2 heteroatoms. The Bertz CT molecular complexity index is 2770. The normalized spacial score (nSPS) is 14.8. The highest BCUT2D eigenvalue weighted by atomic mass is 15.1. The summed E-state index contributed by atoms with van der Waals surface area (Å²) in [7, 11) is 0. The summed E-state index contributed by atoms with van der Waals surface area (Å²) in [6.07, 6.45) is 0. The maximum Gasteiger partial charge on any atom is 0.111 e. The van der Waals surface area contributed by atoms with Gasteiger partial charge in [0.1, 0.15) is 5.82 Å². The molecule has 0 fully saturated rings. The highest BCUT2D eigenvalue weighted by Gasteiger charge is 2.18. The molecule has 0 radical (unpaired) electrons. The Balaban J connectivity index is 1.53. The van der Waals surface area contributed by atoms with Gasteiger partial charge in [0.05, 0.1) is 24.7 Å². The molecule has 0 saturated heterocycles. The van der Waals surface area contributed by atoms with Crippen molar-refractivity contribution in [1.82, 2.24) is 9.55 Å². The molecular weight excluding hydrogens is 508 g/mol. The summed E-state index contributed by atoms with van der Waals surface area (Å²) in [5.74, 6) is 0.813. The fourth-order valence-electron chi connectivity index (χ4n) is 5.96. The van der Waals surface area contributed by atoms with Crippen molar-refractivity contribution in [2.45, 2.75) is 6.92 Å². The molecule has 1 aromatic heterocycles. The zero-order valence-electron chi connectivity index (χ0n) is 32.6. The first-order valence-electron chi connectivity index (χ1n) is 18.6. The van der Waals surface area contributed by atoms with Gasteiger partial charge in [0.25, 0.3) is 0 Å². The van der Waals surface area contributed by atoms with Gasteiger partial charge in [-0.2, -0.15) is 0 Å². The van der Waals surface area contributed by atoms with E-state index < -0.39 is 36.3 Å². The minimum atomic E-state index is -0.511. The highest BCUT2D eigenvalue weighted by molar-refractivity contribution is 6.22. The summed E-state index contributed by atoms with van der Waals surface area (Å²) >= 11 is 0. The van der Waals surface area contributed by atoms with Crippen LogP contribution in [-0.4, -0.2) is 9.55 Å². The van der Waals surface area contributed by atoms with Gasteiger partial charge in [-0.25, -0.2) is 4.98 Å². The molecule has 0 aliphatic carbocycles. The van der Waals surface area contributed by atoms with Crippen molar-refractivity contribution in [2.24, 2.45) is 0 Å². The van der Waals surface area contributed by atoms with Gasteiger partial charge in [0.15, 0.2) is 0 Å². The SMILES string of the molecule is [2H]c1c([2H])c([2H])c(-c2ccc3c(-c4cccc(-n5c(C)nc6ccccc65)c4)c4ccccc4c(-c4c([2H])c([2H])c([2H])c([2H])c4[2H])c3c2)c([2H])c1[2H]. The van der Waals surface area contributed by atoms with Gasteiger partial charge in [-0.1, -0.05) is 121 Å². The second-order valence-corrected chi connectivity index (χ2v) is 10.1. The van der Waals surface area contributed by atoms with Crippen molar-refractivity contribution in [3.63, 3.8) is 0 Å². The van der Waals surface area contributed by atoms with Crippen LogP contribution in [0.5, 0.6) is 0 Å². The molecule has 0 atom stereocenters. The Hall–Kier alpha value is -5.47. The summed E-state index contributed by atoms with van der Waals surface area (Å²) in [5, 5.41) is 2.57. The summed E-state index contributed by atoms with van der Waals surface area (Å²) in [6, 6.07) is 24.3. The minimum Gasteiger partial charge on any atom is -0.297 e. The van der Waals surface area contributed by atoms with E-state index in [0.29, 0.717) is 27.3 Å². The lowest BCUT2D eigenvalue weighted by molar-refractivity contribution is 1.00. The Morgan fingerprint density at radius 3 is 1.93 bits per heavy atom. The van der Waals surface area contributed by atoms with Crippen LogP contribution in [0, 0.1) is 6.92 Å². The van der Waals surface area contributed by atoms with Gasteiger partial charge < -0.3 is 0 Å². The number of hydrogen-bond donors (Lipinski definition) is 0. The largest absolute Gasteiger partial charge is 0.297 e. The minimum absolute atomic E-state index is 0.000854. The molecule has 198 valence electrons. The number of aryl methyl sites for hydroxylation is 1. The van der Waals surface area contributed by atoms with Crippen molar-refractivity contribution in [1.29, 1.82) is 0 Å². The molecule has 8 aromatic rings. The smallest absolute Gasteiger partial charge is 0.111 e. The average molecular weight is 547 g/mol. The van der Waals surface area contributed by atoms with Crippen LogP contribution < -0.4 is 0 Å². The van der Waals surface area contributed by atoms with Crippen LogP contribution in [0.1, 0.15) is 19.5 Å². The molecule has 2 nitrogen and oxygen atoms in total. The lowest BCUT2D eigenvalue weighted by atomic mass is 9.85. The lowest BCUT2D eigenvalue weighted by Crippen LogP contribution is -1.97. The van der Waals surface area contributed by atoms with Gasteiger partial charge >= 0.3 is 0 Å². The van der Waals surface area contributed by atoms with Gasteiger partial charge in [-0.15, -0.1) is 0 Å². The zero-order chi connectivity index (χ0) is 36.7. The number of aromatic nitrogens is 2. The van der Waals surface area contributed by atoms with Crippen LogP contribution in [0.2, 0.25) is 0 Å². The predicted octanol–water partition coefficient (Wildman–Crippen LogP) is 10.6. The van der Waals surface area contributed by atoms with Crippen molar-refractivity contribution < 1.29 is 13.7 Å². The average Bonchev–Trinajstić information content (AvgIpc) is 3.50. The molecular formula is C40H28N2. The molecule has 0 unspecified atom stereocenters. The van der Waals surface area contributed by atoms with Crippen LogP contribution in [0.15, 0.2) is 151 Å². The second kappa shape index (κ2) is 9.87. The van der Waals surface area contributed by atoms with Crippen LogP contribution in [-0.2, 0) is 0 Å². The van der Waals surface area contributed by atoms with Gasteiger partial charge in [-0.3, -0.25) is 4.57 Å². The van der Waals surface area contributed by atoms with Crippen LogP contribution in [0.25, 0.3) is 71.6 Å². The van der Waals surface area contributed by atoms with Gasteiger partial charge in [-0.05, 0) is 92.2 Å². The quantitative estimate of drug-likeness (QED) is 0.201. The molecule has 42 heavy (non-hydrogen) atoms. The summed E-state index contributed by atoms with van der Waals surface area (Å²) < 4.78 is 87.6. The Morgan fingerprint density at radius 1 is 0.524 bits per heavy atom. The Morgan fingerprint density at radius 2 is 1.17 bits per heavy atom. The fourth-order valence-corrected chi connectivity index (χ4v) is 5.96. The van der Waals surface area contributed by atoms with E-state index >= 15 is 0 Å². The topological polar surface area (TPSA) is 17.8 Å². The van der Waals surface area contributed by atoms with Gasteiger partial charge in [0.2, 0.25) is 0 Å². The first kappa shape index (κ1) is 16.1. The summed E-state index contributed by atoms with van der Waals surface area (Å²) in [5.41, 5.74) is 5.08. The first-order valence-corrected chi connectivity index (χ1v) is 13.6. The lowest BCUT2D eigenvalue weighted by Gasteiger charge is -2.19. The molecule has 8 rings (SSSR count). The predicted molar refractivity (Wildman–Crippen MR) is 177 cm³/mol. The third-order valence-electron chi connectivity index (χ3n) is 7.68. The number of benzene rings is 7. The van der Waals surface area contributed by atoms with E-state index in [4.69, 9.17) is 18.7 Å². The summed E-state index contributed by atoms with van der Waals surface area (Å²) in [4.78, 5) is 4.76. The van der Waals surface area contributed by atoms with E-state index in [1.807, 2.05) is 79.7 Å². The third-order valence-corrected chi connectivity index (χ3v) is 7.68. The van der Waals surface area contributed by atoms with Crippen LogP contribution in [0.3, 0.4) is 0 Å². The number of hydrogen-bond acceptors (Lipinski definition) is 1. The molecule has 0 aliphatic rings. The van der Waals surface area contributed by atoms with E-state index in [1.54, 1.807) is 12.1 Å². The van der Waals surface area contributed by atoms with Crippen molar-refractivity contribution in [2.75, 3.05) is 0 Å². The number of imidazole rings is 1.